The zero-order chi connectivity index (χ0) is 24.7. The molecule has 0 spiro atoms. The summed E-state index contributed by atoms with van der Waals surface area (Å²) in [6, 6.07) is 8.33. The summed E-state index contributed by atoms with van der Waals surface area (Å²) in [6.45, 7) is 0.360. The lowest BCUT2D eigenvalue weighted by molar-refractivity contribution is -0.794. The SMILES string of the molecule is Cc1c(-c2ncc(Cl)cn2)c(C(=O)[N+]2([O-])CC[S+]([O-])CC2)n(Cc2ccccc2)c1C(F)(F)F. The number of rotatable bonds is 4. The number of amides is 1. The van der Waals surface area contributed by atoms with Crippen molar-refractivity contribution in [2.75, 3.05) is 24.6 Å². The highest BCUT2D eigenvalue weighted by Gasteiger charge is 2.46. The van der Waals surface area contributed by atoms with Crippen LogP contribution in [0.15, 0.2) is 42.7 Å². The first-order valence-corrected chi connectivity index (χ1v) is 12.2. The van der Waals surface area contributed by atoms with Gasteiger partial charge in [-0.1, -0.05) is 41.9 Å². The van der Waals surface area contributed by atoms with Crippen molar-refractivity contribution in [1.82, 2.24) is 14.5 Å². The maximum absolute atomic E-state index is 14.3. The highest BCUT2D eigenvalue weighted by atomic mass is 35.5. The van der Waals surface area contributed by atoms with Gasteiger partial charge in [0, 0.05) is 18.9 Å². The molecule has 4 rings (SSSR count). The van der Waals surface area contributed by atoms with Gasteiger partial charge in [-0.3, -0.25) is 4.65 Å². The molecule has 1 fully saturated rings. The Morgan fingerprint density at radius 3 is 2.32 bits per heavy atom. The molecule has 0 atom stereocenters. The molecule has 0 N–H and O–H groups in total. The van der Waals surface area contributed by atoms with Gasteiger partial charge in [-0.05, 0) is 29.2 Å². The van der Waals surface area contributed by atoms with Crippen molar-refractivity contribution in [3.63, 3.8) is 0 Å². The van der Waals surface area contributed by atoms with Crippen molar-refractivity contribution in [2.45, 2.75) is 19.6 Å². The predicted molar refractivity (Wildman–Crippen MR) is 121 cm³/mol. The molecule has 1 aliphatic rings. The van der Waals surface area contributed by atoms with Gasteiger partial charge in [-0.25, -0.2) is 14.8 Å². The molecule has 0 radical (unpaired) electrons. The third kappa shape index (κ3) is 4.71. The molecule has 12 heteroatoms. The van der Waals surface area contributed by atoms with Crippen molar-refractivity contribution < 1.29 is 27.2 Å². The van der Waals surface area contributed by atoms with Crippen molar-refractivity contribution in [1.29, 1.82) is 0 Å². The first-order chi connectivity index (χ1) is 16.0. The summed E-state index contributed by atoms with van der Waals surface area (Å²) >= 11 is 4.61. The van der Waals surface area contributed by atoms with Crippen LogP contribution in [0, 0.1) is 12.1 Å². The summed E-state index contributed by atoms with van der Waals surface area (Å²) in [6.07, 6.45) is -2.40. The molecule has 0 bridgehead atoms. The number of quaternary nitrogens is 1. The van der Waals surface area contributed by atoms with E-state index >= 15 is 0 Å². The summed E-state index contributed by atoms with van der Waals surface area (Å²) < 4.78 is 54.2. The number of alkyl halides is 3. The number of nitrogens with zero attached hydrogens (tertiary/aromatic N) is 4. The Hall–Kier alpha value is -2.44. The van der Waals surface area contributed by atoms with E-state index in [1.165, 1.54) is 19.3 Å². The lowest BCUT2D eigenvalue weighted by Gasteiger charge is -2.42. The summed E-state index contributed by atoms with van der Waals surface area (Å²) in [5.74, 6) is -1.20. The highest BCUT2D eigenvalue weighted by Crippen LogP contribution is 2.41. The van der Waals surface area contributed by atoms with Gasteiger partial charge in [-0.15, -0.1) is 0 Å². The van der Waals surface area contributed by atoms with Gasteiger partial charge in [0.2, 0.25) is 0 Å². The van der Waals surface area contributed by atoms with Crippen molar-refractivity contribution in [2.24, 2.45) is 0 Å². The van der Waals surface area contributed by atoms with E-state index < -0.39 is 39.3 Å². The molecule has 34 heavy (non-hydrogen) atoms. The van der Waals surface area contributed by atoms with Gasteiger partial charge >= 0.3 is 12.1 Å². The first-order valence-electron chi connectivity index (χ1n) is 10.3. The molecule has 0 unspecified atom stereocenters. The molecule has 1 amide bonds. The number of carbonyl (C=O) groups excluding carboxylic acids is 1. The molecular weight excluding hydrogens is 493 g/mol. The second kappa shape index (κ2) is 9.31. The van der Waals surface area contributed by atoms with E-state index in [-0.39, 0.29) is 53.1 Å². The fourth-order valence-corrected chi connectivity index (χ4v) is 5.38. The fourth-order valence-electron chi connectivity index (χ4n) is 4.08. The Bertz CT molecular complexity index is 1190. The van der Waals surface area contributed by atoms with Crippen LogP contribution in [0.25, 0.3) is 11.4 Å². The molecule has 0 aliphatic carbocycles. The molecule has 1 saturated heterocycles. The zero-order valence-electron chi connectivity index (χ0n) is 18.0. The monoisotopic (exact) mass is 512 g/mol. The summed E-state index contributed by atoms with van der Waals surface area (Å²) in [7, 11) is 0. The normalized spacial score (nSPS) is 21.0. The smallest absolute Gasteiger partial charge is 0.431 e. The molecule has 0 saturated carbocycles. The molecule has 2 aromatic heterocycles. The number of hydrogen-bond donors (Lipinski definition) is 0. The minimum absolute atomic E-state index is 0.00742. The molecule has 7 nitrogen and oxygen atoms in total. The Labute approximate surface area is 201 Å². The minimum Gasteiger partial charge on any atom is -0.625 e. The summed E-state index contributed by atoms with van der Waals surface area (Å²) in [5.41, 5.74) is -1.39. The minimum atomic E-state index is -4.82. The van der Waals surface area contributed by atoms with E-state index in [2.05, 4.69) is 9.97 Å². The molecule has 1 aromatic carbocycles. The maximum Gasteiger partial charge on any atom is 0.431 e. The van der Waals surface area contributed by atoms with E-state index in [9.17, 15) is 27.7 Å². The number of halogens is 4. The van der Waals surface area contributed by atoms with E-state index in [0.717, 1.165) is 4.57 Å². The second-order valence-corrected chi connectivity index (χ2v) is 10.1. The van der Waals surface area contributed by atoms with Crippen LogP contribution >= 0.6 is 11.6 Å². The largest absolute Gasteiger partial charge is 0.625 e. The predicted octanol–water partition coefficient (Wildman–Crippen LogP) is 4.19. The Morgan fingerprint density at radius 1 is 1.18 bits per heavy atom. The Balaban J connectivity index is 1.99. The van der Waals surface area contributed by atoms with Crippen LogP contribution in [0.2, 0.25) is 5.02 Å². The first kappa shape index (κ1) is 24.7. The van der Waals surface area contributed by atoms with Gasteiger partial charge in [-0.2, -0.15) is 13.2 Å². The molecule has 1 aliphatic heterocycles. The van der Waals surface area contributed by atoms with Gasteiger partial charge in [0.1, 0.15) is 18.8 Å². The Morgan fingerprint density at radius 2 is 1.76 bits per heavy atom. The van der Waals surface area contributed by atoms with E-state index in [0.29, 0.717) is 5.56 Å². The number of benzene rings is 1. The van der Waals surface area contributed by atoms with Crippen LogP contribution in [0.1, 0.15) is 27.3 Å². The third-order valence-corrected chi connectivity index (χ3v) is 7.21. The van der Waals surface area contributed by atoms with E-state index in [4.69, 9.17) is 11.6 Å². The summed E-state index contributed by atoms with van der Waals surface area (Å²) in [4.78, 5) is 21.8. The lowest BCUT2D eigenvalue weighted by Crippen LogP contribution is -2.56. The lowest BCUT2D eigenvalue weighted by atomic mass is 10.1. The van der Waals surface area contributed by atoms with Gasteiger partial charge in [0.15, 0.2) is 23.0 Å². The van der Waals surface area contributed by atoms with Crippen LogP contribution in [0.4, 0.5) is 13.2 Å². The van der Waals surface area contributed by atoms with Crippen molar-refractivity contribution >= 4 is 28.7 Å². The van der Waals surface area contributed by atoms with Crippen LogP contribution in [0.3, 0.4) is 0 Å². The van der Waals surface area contributed by atoms with Crippen LogP contribution in [-0.2, 0) is 23.9 Å². The number of hydroxylamine groups is 3. The van der Waals surface area contributed by atoms with Crippen molar-refractivity contribution in [3.8, 4) is 11.4 Å². The van der Waals surface area contributed by atoms with Gasteiger partial charge in [0.05, 0.1) is 10.6 Å². The average molecular weight is 513 g/mol. The second-order valence-electron chi connectivity index (χ2n) is 7.98. The van der Waals surface area contributed by atoms with Gasteiger partial charge < -0.3 is 14.3 Å². The fraction of sp³-hybridized carbons (Fsp3) is 0.318. The number of hydrogen-bond acceptors (Lipinski definition) is 5. The third-order valence-electron chi connectivity index (χ3n) is 5.74. The number of carbonyl (C=O) groups is 1. The number of aromatic nitrogens is 3. The quantitative estimate of drug-likeness (QED) is 0.297. The topological polar surface area (TPSA) is 93.9 Å². The van der Waals surface area contributed by atoms with Crippen LogP contribution in [0.5, 0.6) is 0 Å². The molecule has 180 valence electrons. The van der Waals surface area contributed by atoms with Crippen molar-refractivity contribution in [3.05, 3.63) is 75.5 Å². The molecular formula is C22H20ClF3N4O3S. The van der Waals surface area contributed by atoms with E-state index in [1.54, 1.807) is 30.3 Å². The van der Waals surface area contributed by atoms with Gasteiger partial charge in [0.25, 0.3) is 0 Å². The molecule has 3 heterocycles. The standard InChI is InChI=1S/C22H20ClF3N4O3S/c1-14-17(20-27-11-16(23)12-28-20)18(21(31)30(32)7-9-34(33)10-8-30)29(19(14)22(24,25)26)13-15-5-3-2-4-6-15/h2-6,11-12H,7-10,13H2,1H3. The van der Waals surface area contributed by atoms with E-state index in [1.807, 2.05) is 0 Å². The highest BCUT2D eigenvalue weighted by molar-refractivity contribution is 7.91. The summed E-state index contributed by atoms with van der Waals surface area (Å²) in [5, 5.41) is 13.6. The van der Waals surface area contributed by atoms with Crippen LogP contribution < -0.4 is 0 Å². The average Bonchev–Trinajstić information content (AvgIpc) is 3.08. The zero-order valence-corrected chi connectivity index (χ0v) is 19.6. The van der Waals surface area contributed by atoms with Crippen LogP contribution in [-0.4, -0.2) is 54.2 Å². The molecule has 3 aromatic rings. The maximum atomic E-state index is 14.3. The Kier molecular flexibility index (Phi) is 6.76.